The van der Waals surface area contributed by atoms with Crippen LogP contribution in [-0.4, -0.2) is 19.1 Å². The molecule has 0 aromatic rings. The van der Waals surface area contributed by atoms with Gasteiger partial charge in [-0.05, 0) is 0 Å². The molecule has 0 fully saturated rings. The van der Waals surface area contributed by atoms with Crippen LogP contribution in [0.1, 0.15) is 20.8 Å². The van der Waals surface area contributed by atoms with E-state index in [4.69, 9.17) is 6.57 Å². The van der Waals surface area contributed by atoms with Crippen molar-refractivity contribution in [2.24, 2.45) is 5.41 Å². The Labute approximate surface area is 67.2 Å². The molecule has 0 rings (SSSR count). The fraction of sp³-hybridized carbons (Fsp3) is 0.750. The predicted octanol–water partition coefficient (Wildman–Crippen LogP) is 1.49. The summed E-state index contributed by atoms with van der Waals surface area (Å²) in [6.45, 7) is 12.3. The number of methoxy groups -OCH3 is 1. The van der Waals surface area contributed by atoms with E-state index in [-0.39, 0.29) is 5.41 Å². The van der Waals surface area contributed by atoms with E-state index in [1.54, 1.807) is 0 Å². The summed E-state index contributed by atoms with van der Waals surface area (Å²) in [5.74, 6) is -0.451. The van der Waals surface area contributed by atoms with E-state index in [2.05, 4.69) is 9.58 Å². The molecule has 1 atom stereocenters. The highest BCUT2D eigenvalue weighted by molar-refractivity contribution is 5.78. The molecular formula is C8H13NO2. The SMILES string of the molecule is [C-]#[N+][C@@H](C(=O)OC)C(C)(C)C. The quantitative estimate of drug-likeness (QED) is 0.424. The minimum Gasteiger partial charge on any atom is -0.463 e. The van der Waals surface area contributed by atoms with E-state index in [1.807, 2.05) is 20.8 Å². The van der Waals surface area contributed by atoms with Gasteiger partial charge in [-0.15, -0.1) is 0 Å². The fourth-order valence-electron chi connectivity index (χ4n) is 0.712. The summed E-state index contributed by atoms with van der Waals surface area (Å²) in [5, 5.41) is 0. The summed E-state index contributed by atoms with van der Waals surface area (Å²) < 4.78 is 4.48. The average molecular weight is 155 g/mol. The summed E-state index contributed by atoms with van der Waals surface area (Å²) in [7, 11) is 1.30. The molecule has 3 heteroatoms. The Kier molecular flexibility index (Phi) is 3.06. The van der Waals surface area contributed by atoms with Gasteiger partial charge in [-0.25, -0.2) is 11.4 Å². The van der Waals surface area contributed by atoms with Crippen molar-refractivity contribution in [3.8, 4) is 0 Å². The van der Waals surface area contributed by atoms with Crippen molar-refractivity contribution >= 4 is 5.97 Å². The molecule has 0 bridgehead atoms. The van der Waals surface area contributed by atoms with Crippen LogP contribution in [0.4, 0.5) is 0 Å². The molecule has 62 valence electrons. The van der Waals surface area contributed by atoms with Gasteiger partial charge in [0.25, 0.3) is 0 Å². The number of ether oxygens (including phenoxy) is 1. The summed E-state index contributed by atoms with van der Waals surface area (Å²) >= 11 is 0. The minimum atomic E-state index is -0.688. The molecule has 0 aliphatic rings. The lowest BCUT2D eigenvalue weighted by molar-refractivity contribution is -0.143. The first-order valence-corrected chi connectivity index (χ1v) is 3.38. The van der Waals surface area contributed by atoms with Crippen molar-refractivity contribution < 1.29 is 9.53 Å². The van der Waals surface area contributed by atoms with Crippen molar-refractivity contribution in [1.29, 1.82) is 0 Å². The topological polar surface area (TPSA) is 30.7 Å². The maximum Gasteiger partial charge on any atom is 0.390 e. The van der Waals surface area contributed by atoms with Crippen LogP contribution in [0.25, 0.3) is 4.85 Å². The number of carbonyl (C=O) groups is 1. The zero-order valence-corrected chi connectivity index (χ0v) is 7.34. The number of rotatable bonds is 1. The van der Waals surface area contributed by atoms with Crippen LogP contribution in [0.2, 0.25) is 0 Å². The van der Waals surface area contributed by atoms with Crippen LogP contribution in [-0.2, 0) is 9.53 Å². The zero-order chi connectivity index (χ0) is 9.07. The number of nitrogens with zero attached hydrogens (tertiary/aromatic N) is 1. The van der Waals surface area contributed by atoms with Crippen molar-refractivity contribution in [3.05, 3.63) is 11.4 Å². The second-order valence-corrected chi connectivity index (χ2v) is 3.42. The van der Waals surface area contributed by atoms with Gasteiger partial charge in [-0.3, -0.25) is 0 Å². The third-order valence-corrected chi connectivity index (χ3v) is 1.37. The molecule has 11 heavy (non-hydrogen) atoms. The molecule has 3 nitrogen and oxygen atoms in total. The fourth-order valence-corrected chi connectivity index (χ4v) is 0.712. The first-order chi connectivity index (χ1) is 4.93. The van der Waals surface area contributed by atoms with Crippen molar-refractivity contribution in [2.45, 2.75) is 26.8 Å². The van der Waals surface area contributed by atoms with E-state index in [9.17, 15) is 4.79 Å². The van der Waals surface area contributed by atoms with E-state index >= 15 is 0 Å². The van der Waals surface area contributed by atoms with Gasteiger partial charge in [0.15, 0.2) is 0 Å². The largest absolute Gasteiger partial charge is 0.463 e. The molecule has 0 radical (unpaired) electrons. The lowest BCUT2D eigenvalue weighted by Gasteiger charge is -2.17. The predicted molar refractivity (Wildman–Crippen MR) is 41.9 cm³/mol. The molecule has 0 aromatic heterocycles. The van der Waals surface area contributed by atoms with Gasteiger partial charge in [-0.2, -0.15) is 0 Å². The minimum absolute atomic E-state index is 0.338. The van der Waals surface area contributed by atoms with Gasteiger partial charge in [0, 0.05) is 5.41 Å². The maximum absolute atomic E-state index is 11.0. The van der Waals surface area contributed by atoms with Crippen LogP contribution in [0, 0.1) is 12.0 Å². The van der Waals surface area contributed by atoms with E-state index < -0.39 is 12.0 Å². The van der Waals surface area contributed by atoms with Gasteiger partial charge >= 0.3 is 12.0 Å². The molecule has 0 unspecified atom stereocenters. The van der Waals surface area contributed by atoms with Crippen LogP contribution >= 0.6 is 0 Å². The third kappa shape index (κ3) is 2.58. The highest BCUT2D eigenvalue weighted by atomic mass is 16.5. The van der Waals surface area contributed by atoms with E-state index in [0.717, 1.165) is 0 Å². The highest BCUT2D eigenvalue weighted by Gasteiger charge is 2.37. The Hall–Kier alpha value is -1.04. The van der Waals surface area contributed by atoms with Crippen LogP contribution < -0.4 is 0 Å². The number of esters is 1. The van der Waals surface area contributed by atoms with Crippen LogP contribution in [0.15, 0.2) is 0 Å². The highest BCUT2D eigenvalue weighted by Crippen LogP contribution is 2.22. The first-order valence-electron chi connectivity index (χ1n) is 3.38. The van der Waals surface area contributed by atoms with E-state index in [1.165, 1.54) is 7.11 Å². The smallest absolute Gasteiger partial charge is 0.390 e. The Morgan fingerprint density at radius 1 is 1.55 bits per heavy atom. The second-order valence-electron chi connectivity index (χ2n) is 3.42. The lowest BCUT2D eigenvalue weighted by atomic mass is 9.87. The van der Waals surface area contributed by atoms with Crippen molar-refractivity contribution in [1.82, 2.24) is 0 Å². The molecule has 0 aliphatic heterocycles. The number of hydrogen-bond acceptors (Lipinski definition) is 2. The molecule has 0 aromatic carbocycles. The summed E-state index contributed by atoms with van der Waals surface area (Å²) in [6, 6.07) is -0.688. The molecule has 0 spiro atoms. The van der Waals surface area contributed by atoms with Gasteiger partial charge in [0.05, 0.1) is 7.11 Å². The van der Waals surface area contributed by atoms with Gasteiger partial charge < -0.3 is 9.58 Å². The Morgan fingerprint density at radius 3 is 2.09 bits per heavy atom. The molecule has 0 heterocycles. The molecule has 0 N–H and O–H groups in total. The number of hydrogen-bond donors (Lipinski definition) is 0. The second kappa shape index (κ2) is 3.38. The molecule has 0 saturated carbocycles. The molecule has 0 saturated heterocycles. The molecular weight excluding hydrogens is 142 g/mol. The Balaban J connectivity index is 4.45. The van der Waals surface area contributed by atoms with E-state index in [0.29, 0.717) is 0 Å². The number of carbonyl (C=O) groups excluding carboxylic acids is 1. The lowest BCUT2D eigenvalue weighted by Crippen LogP contribution is -2.32. The Morgan fingerprint density at radius 2 is 2.00 bits per heavy atom. The van der Waals surface area contributed by atoms with Crippen LogP contribution in [0.5, 0.6) is 0 Å². The summed E-state index contributed by atoms with van der Waals surface area (Å²) in [4.78, 5) is 14.2. The molecule has 0 aliphatic carbocycles. The third-order valence-electron chi connectivity index (χ3n) is 1.37. The van der Waals surface area contributed by atoms with Crippen molar-refractivity contribution in [3.63, 3.8) is 0 Å². The standard InChI is InChI=1S/C8H13NO2/c1-8(2,3)6(9-4)7(10)11-5/h6H,1-3,5H3/t6-/m0/s1. The molecule has 0 amide bonds. The van der Waals surface area contributed by atoms with Crippen molar-refractivity contribution in [2.75, 3.05) is 7.11 Å². The van der Waals surface area contributed by atoms with Crippen LogP contribution in [0.3, 0.4) is 0 Å². The average Bonchev–Trinajstić information content (AvgIpc) is 1.86. The monoisotopic (exact) mass is 155 g/mol. The van der Waals surface area contributed by atoms with Gasteiger partial charge in [-0.1, -0.05) is 20.8 Å². The summed E-state index contributed by atoms with van der Waals surface area (Å²) in [5.41, 5.74) is -0.338. The first kappa shape index (κ1) is 9.96. The van der Waals surface area contributed by atoms with Gasteiger partial charge in [0.2, 0.25) is 0 Å². The summed E-state index contributed by atoms with van der Waals surface area (Å²) in [6.07, 6.45) is 0. The zero-order valence-electron chi connectivity index (χ0n) is 7.34. The normalized spacial score (nSPS) is 13.4. The van der Waals surface area contributed by atoms with Gasteiger partial charge in [0.1, 0.15) is 0 Å². The maximum atomic E-state index is 11.0. The Bertz CT molecular complexity index is 185.